The summed E-state index contributed by atoms with van der Waals surface area (Å²) in [5.41, 5.74) is 12.1. The summed E-state index contributed by atoms with van der Waals surface area (Å²) in [5.74, 6) is 1.18. The normalized spacial score (nSPS) is 20.6. The summed E-state index contributed by atoms with van der Waals surface area (Å²) in [6.07, 6.45) is 11.0. The Morgan fingerprint density at radius 2 is 1.15 bits per heavy atom. The monoisotopic (exact) mass is 832 g/mol. The number of H-pyrrole nitrogens is 2. The number of methoxy groups -OCH3 is 2. The van der Waals surface area contributed by atoms with Crippen molar-refractivity contribution in [3.05, 3.63) is 70.6 Å². The van der Waals surface area contributed by atoms with Gasteiger partial charge in [0.2, 0.25) is 11.8 Å². The molecule has 4 aromatic rings. The van der Waals surface area contributed by atoms with Crippen LogP contribution in [0.25, 0.3) is 33.6 Å². The van der Waals surface area contributed by atoms with Crippen LogP contribution in [0.1, 0.15) is 98.4 Å². The lowest BCUT2D eigenvalue weighted by Gasteiger charge is -2.34. The molecule has 2 aliphatic carbocycles. The van der Waals surface area contributed by atoms with E-state index in [2.05, 4.69) is 44.9 Å². The number of rotatable bonds is 10. The van der Waals surface area contributed by atoms with Crippen molar-refractivity contribution in [3.63, 3.8) is 0 Å². The largest absolute Gasteiger partial charge is 0.453 e. The van der Waals surface area contributed by atoms with Gasteiger partial charge in [0.25, 0.3) is 0 Å². The standard InChI is InChI=1S/C46H56N8O7/c1-25(2)39(51-45(57)59-3)43(55)53-15-5-7-35(53)41-47-23-33(49-41)31-19-27-9-11-29-21-32(22-30-12-10-28(20-31)37(27)38(29)30)34-24-48-42(50-34)36-8-6-16-54(36)44(56)40(52-46(58)60-4)26-13-17-61-18-14-26/h19-26,35-36,39-40H,5-18H2,1-4H3,(H,47,49)(H,48,50)(H,51,57)(H,52,58)/t35-,36-,39-,40-/m0/s1. The van der Waals surface area contributed by atoms with Gasteiger partial charge in [-0.3, -0.25) is 9.59 Å². The van der Waals surface area contributed by atoms with E-state index < -0.39 is 24.3 Å². The number of aryl methyl sites for hydroxylation is 4. The van der Waals surface area contributed by atoms with Gasteiger partial charge in [-0.25, -0.2) is 19.6 Å². The van der Waals surface area contributed by atoms with Gasteiger partial charge in [0, 0.05) is 37.4 Å². The Kier molecular flexibility index (Phi) is 11.3. The first-order valence-corrected chi connectivity index (χ1v) is 21.9. The van der Waals surface area contributed by atoms with E-state index in [0.717, 1.165) is 85.5 Å². The molecule has 4 N–H and O–H groups in total. The highest BCUT2D eigenvalue weighted by Crippen LogP contribution is 2.46. The van der Waals surface area contributed by atoms with Gasteiger partial charge in [-0.1, -0.05) is 13.8 Å². The number of alkyl carbamates (subject to hydrolysis) is 2. The van der Waals surface area contributed by atoms with Crippen LogP contribution in [0.3, 0.4) is 0 Å². The number of carbonyl (C=O) groups excluding carboxylic acids is 4. The molecular formula is C46H56N8O7. The van der Waals surface area contributed by atoms with Crippen molar-refractivity contribution in [2.75, 3.05) is 40.5 Å². The molecule has 0 unspecified atom stereocenters. The third-order valence-electron chi connectivity index (χ3n) is 13.6. The number of likely N-dealkylation sites (tertiary alicyclic amines) is 2. The number of aromatic nitrogens is 4. The lowest BCUT2D eigenvalue weighted by molar-refractivity contribution is -0.137. The van der Waals surface area contributed by atoms with Crippen LogP contribution >= 0.6 is 0 Å². The summed E-state index contributed by atoms with van der Waals surface area (Å²) in [5, 5.41) is 5.57. The van der Waals surface area contributed by atoms with Crippen molar-refractivity contribution in [3.8, 4) is 33.6 Å². The maximum atomic E-state index is 14.1. The van der Waals surface area contributed by atoms with Crippen LogP contribution in [0.5, 0.6) is 0 Å². The summed E-state index contributed by atoms with van der Waals surface area (Å²) in [7, 11) is 2.62. The number of hydrogen-bond acceptors (Lipinski definition) is 9. The molecule has 61 heavy (non-hydrogen) atoms. The van der Waals surface area contributed by atoms with Crippen LogP contribution in [-0.2, 0) is 49.5 Å². The van der Waals surface area contributed by atoms with Crippen molar-refractivity contribution in [2.45, 2.75) is 102 Å². The predicted molar refractivity (Wildman–Crippen MR) is 226 cm³/mol. The number of benzene rings is 2. The summed E-state index contributed by atoms with van der Waals surface area (Å²) in [4.78, 5) is 72.8. The SMILES string of the molecule is COC(=O)N[C@H](C(=O)N1CCC[C@H]1c1ncc(-c2cc3c4c(c2)CCc2cc(-c5cnc([C@@H]6CCCN6C(=O)[C@@H](NC(=O)OC)C6CCOCC6)[nH]5)cc(c2-4)CC3)[nH]1)C(C)C. The summed E-state index contributed by atoms with van der Waals surface area (Å²) in [6.45, 7) is 6.18. The fraction of sp³-hybridized carbons (Fsp3) is 0.522. The van der Waals surface area contributed by atoms with Crippen molar-refractivity contribution in [2.24, 2.45) is 11.8 Å². The van der Waals surface area contributed by atoms with E-state index in [0.29, 0.717) is 39.1 Å². The Morgan fingerprint density at radius 1 is 0.689 bits per heavy atom. The van der Waals surface area contributed by atoms with Crippen LogP contribution in [0.2, 0.25) is 0 Å². The Labute approximate surface area is 355 Å². The van der Waals surface area contributed by atoms with Gasteiger partial charge in [-0.15, -0.1) is 0 Å². The van der Waals surface area contributed by atoms with Crippen LogP contribution in [0.4, 0.5) is 9.59 Å². The molecule has 5 aliphatic rings. The molecule has 0 spiro atoms. The number of aromatic amines is 2. The molecule has 2 aromatic heterocycles. The first-order chi connectivity index (χ1) is 29.6. The summed E-state index contributed by atoms with van der Waals surface area (Å²) < 4.78 is 15.3. The zero-order valence-electron chi connectivity index (χ0n) is 35.5. The fourth-order valence-corrected chi connectivity index (χ4v) is 10.4. The van der Waals surface area contributed by atoms with Crippen molar-refractivity contribution in [1.82, 2.24) is 40.4 Å². The number of hydrogen-bond donors (Lipinski definition) is 4. The minimum Gasteiger partial charge on any atom is -0.453 e. The van der Waals surface area contributed by atoms with Gasteiger partial charge >= 0.3 is 12.2 Å². The second kappa shape index (κ2) is 17.0. The zero-order valence-corrected chi connectivity index (χ0v) is 35.5. The number of imidazole rings is 2. The molecule has 5 heterocycles. The van der Waals surface area contributed by atoms with Crippen molar-refractivity contribution >= 4 is 24.0 Å². The molecule has 0 radical (unpaired) electrons. The van der Waals surface area contributed by atoms with Gasteiger partial charge < -0.3 is 44.6 Å². The molecule has 4 amide bonds. The Morgan fingerprint density at radius 3 is 1.61 bits per heavy atom. The molecule has 0 bridgehead atoms. The van der Waals surface area contributed by atoms with Gasteiger partial charge in [0.15, 0.2) is 0 Å². The Balaban J connectivity index is 0.933. The summed E-state index contributed by atoms with van der Waals surface area (Å²) >= 11 is 0. The van der Waals surface area contributed by atoms with E-state index in [1.54, 1.807) is 0 Å². The second-order valence-corrected chi connectivity index (χ2v) is 17.5. The average molecular weight is 833 g/mol. The van der Waals surface area contributed by atoms with Gasteiger partial charge in [-0.2, -0.15) is 0 Å². The minimum absolute atomic E-state index is 0.0220. The number of nitrogens with zero attached hydrogens (tertiary/aromatic N) is 4. The smallest absolute Gasteiger partial charge is 0.407 e. The molecular weight excluding hydrogens is 777 g/mol. The molecule has 3 fully saturated rings. The molecule has 4 atom stereocenters. The Hall–Kier alpha value is -5.70. The lowest BCUT2D eigenvalue weighted by atomic mass is 9.74. The number of nitrogens with one attached hydrogen (secondary N) is 4. The molecule has 3 aliphatic heterocycles. The topological polar surface area (TPSA) is 184 Å². The van der Waals surface area contributed by atoms with Gasteiger partial charge in [-0.05, 0) is 134 Å². The van der Waals surface area contributed by atoms with E-state index in [-0.39, 0.29) is 35.7 Å². The first kappa shape index (κ1) is 40.7. The quantitative estimate of drug-likeness (QED) is 0.145. The van der Waals surface area contributed by atoms with Gasteiger partial charge in [0.05, 0.1) is 50.1 Å². The highest BCUT2D eigenvalue weighted by molar-refractivity contribution is 5.88. The molecule has 322 valence electrons. The molecule has 3 saturated heterocycles. The highest BCUT2D eigenvalue weighted by Gasteiger charge is 2.41. The third-order valence-corrected chi connectivity index (χ3v) is 13.6. The van der Waals surface area contributed by atoms with E-state index in [9.17, 15) is 19.2 Å². The van der Waals surface area contributed by atoms with Crippen LogP contribution in [0, 0.1) is 11.8 Å². The maximum absolute atomic E-state index is 14.1. The molecule has 2 aromatic carbocycles. The zero-order chi connectivity index (χ0) is 42.4. The fourth-order valence-electron chi connectivity index (χ4n) is 10.4. The van der Waals surface area contributed by atoms with Crippen molar-refractivity contribution in [1.29, 1.82) is 0 Å². The molecule has 15 nitrogen and oxygen atoms in total. The number of carbonyl (C=O) groups is 4. The summed E-state index contributed by atoms with van der Waals surface area (Å²) in [6, 6.07) is 7.45. The first-order valence-electron chi connectivity index (χ1n) is 21.9. The average Bonchev–Trinajstić information content (AvgIpc) is 4.13. The third kappa shape index (κ3) is 7.77. The lowest BCUT2D eigenvalue weighted by Crippen LogP contribution is -2.53. The predicted octanol–water partition coefficient (Wildman–Crippen LogP) is 6.19. The van der Waals surface area contributed by atoms with Crippen molar-refractivity contribution < 1.29 is 33.4 Å². The number of amides is 4. The van der Waals surface area contributed by atoms with E-state index >= 15 is 0 Å². The van der Waals surface area contributed by atoms with E-state index in [1.165, 1.54) is 47.6 Å². The minimum atomic E-state index is -0.683. The highest BCUT2D eigenvalue weighted by atomic mass is 16.5. The van der Waals surface area contributed by atoms with Crippen LogP contribution < -0.4 is 10.6 Å². The molecule has 0 saturated carbocycles. The Bertz CT molecular complexity index is 2280. The van der Waals surface area contributed by atoms with Crippen LogP contribution in [-0.4, -0.2) is 106 Å². The van der Waals surface area contributed by atoms with Gasteiger partial charge in [0.1, 0.15) is 23.7 Å². The second-order valence-electron chi connectivity index (χ2n) is 17.5. The van der Waals surface area contributed by atoms with E-state index in [1.807, 2.05) is 36.0 Å². The maximum Gasteiger partial charge on any atom is 0.407 e. The molecule has 9 rings (SSSR count). The number of ether oxygens (including phenoxy) is 3. The van der Waals surface area contributed by atoms with E-state index in [4.69, 9.17) is 24.2 Å². The van der Waals surface area contributed by atoms with Crippen LogP contribution in [0.15, 0.2) is 36.7 Å². The molecule has 15 heteroatoms.